The van der Waals surface area contributed by atoms with Crippen LogP contribution in [0, 0.1) is 27.7 Å². The normalized spacial score (nSPS) is 10.8. The maximum Gasteiger partial charge on any atom is 0.341 e. The number of aryl methyl sites for hydroxylation is 3. The Kier molecular flexibility index (Phi) is 6.94. The van der Waals surface area contributed by atoms with Gasteiger partial charge in [-0.1, -0.05) is 29.5 Å². The van der Waals surface area contributed by atoms with Crippen LogP contribution in [0.5, 0.6) is 0 Å². The SMILES string of the molecule is CCOC(=O)c1c(NC(=O)CSc2nnc(C)n2-c2ccc(C)cc2)sc(C)c1C. The van der Waals surface area contributed by atoms with Crippen LogP contribution in [0.4, 0.5) is 5.00 Å². The molecule has 158 valence electrons. The molecule has 3 aromatic rings. The molecule has 0 aliphatic carbocycles. The summed E-state index contributed by atoms with van der Waals surface area (Å²) in [6, 6.07) is 8.04. The summed E-state index contributed by atoms with van der Waals surface area (Å²) in [6.07, 6.45) is 0. The van der Waals surface area contributed by atoms with Crippen LogP contribution in [-0.4, -0.2) is 39.0 Å². The predicted octanol–water partition coefficient (Wildman–Crippen LogP) is 4.47. The third-order valence-corrected chi connectivity index (χ3v) is 6.59. The molecular formula is C21H24N4O3S2. The van der Waals surface area contributed by atoms with Crippen LogP contribution in [0.15, 0.2) is 29.4 Å². The molecule has 0 atom stereocenters. The number of amides is 1. The lowest BCUT2D eigenvalue weighted by Gasteiger charge is -2.09. The van der Waals surface area contributed by atoms with Crippen molar-refractivity contribution in [2.24, 2.45) is 0 Å². The summed E-state index contributed by atoms with van der Waals surface area (Å²) in [7, 11) is 0. The number of esters is 1. The highest BCUT2D eigenvalue weighted by molar-refractivity contribution is 7.99. The zero-order chi connectivity index (χ0) is 21.8. The minimum Gasteiger partial charge on any atom is -0.462 e. The van der Waals surface area contributed by atoms with Gasteiger partial charge in [0.2, 0.25) is 5.91 Å². The van der Waals surface area contributed by atoms with E-state index in [9.17, 15) is 9.59 Å². The van der Waals surface area contributed by atoms with Gasteiger partial charge in [-0.15, -0.1) is 21.5 Å². The van der Waals surface area contributed by atoms with Gasteiger partial charge in [-0.2, -0.15) is 0 Å². The van der Waals surface area contributed by atoms with Gasteiger partial charge >= 0.3 is 5.97 Å². The average molecular weight is 445 g/mol. The highest BCUT2D eigenvalue weighted by Gasteiger charge is 2.22. The predicted molar refractivity (Wildman–Crippen MR) is 120 cm³/mol. The molecule has 30 heavy (non-hydrogen) atoms. The molecule has 7 nitrogen and oxygen atoms in total. The van der Waals surface area contributed by atoms with Crippen molar-refractivity contribution in [3.63, 3.8) is 0 Å². The number of carbonyl (C=O) groups excluding carboxylic acids is 2. The molecule has 0 aliphatic rings. The van der Waals surface area contributed by atoms with Crippen molar-refractivity contribution in [2.75, 3.05) is 17.7 Å². The first-order chi connectivity index (χ1) is 14.3. The van der Waals surface area contributed by atoms with Gasteiger partial charge in [-0.25, -0.2) is 4.79 Å². The van der Waals surface area contributed by atoms with Crippen LogP contribution in [-0.2, 0) is 9.53 Å². The quantitative estimate of drug-likeness (QED) is 0.427. The summed E-state index contributed by atoms with van der Waals surface area (Å²) in [5.41, 5.74) is 3.37. The van der Waals surface area contributed by atoms with Crippen LogP contribution in [0.25, 0.3) is 5.69 Å². The summed E-state index contributed by atoms with van der Waals surface area (Å²) in [6.45, 7) is 9.72. The number of ether oxygens (including phenoxy) is 1. The molecule has 0 fully saturated rings. The van der Waals surface area contributed by atoms with Gasteiger partial charge in [0.25, 0.3) is 0 Å². The Bertz CT molecular complexity index is 1070. The molecule has 0 saturated heterocycles. The van der Waals surface area contributed by atoms with E-state index in [0.717, 1.165) is 27.5 Å². The van der Waals surface area contributed by atoms with Gasteiger partial charge in [0.1, 0.15) is 10.8 Å². The fraction of sp³-hybridized carbons (Fsp3) is 0.333. The lowest BCUT2D eigenvalue weighted by atomic mass is 10.1. The van der Waals surface area contributed by atoms with Crippen molar-refractivity contribution < 1.29 is 14.3 Å². The van der Waals surface area contributed by atoms with E-state index in [2.05, 4.69) is 15.5 Å². The van der Waals surface area contributed by atoms with E-state index in [0.29, 0.717) is 15.7 Å². The van der Waals surface area contributed by atoms with Gasteiger partial charge in [0.05, 0.1) is 17.9 Å². The van der Waals surface area contributed by atoms with E-state index in [4.69, 9.17) is 4.74 Å². The Morgan fingerprint density at radius 2 is 1.83 bits per heavy atom. The van der Waals surface area contributed by atoms with Gasteiger partial charge < -0.3 is 10.1 Å². The molecule has 1 amide bonds. The third-order valence-electron chi connectivity index (χ3n) is 4.54. The van der Waals surface area contributed by atoms with Crippen LogP contribution in [0.3, 0.4) is 0 Å². The Balaban J connectivity index is 1.73. The molecule has 2 aromatic heterocycles. The number of nitrogens with one attached hydrogen (secondary N) is 1. The molecule has 1 N–H and O–H groups in total. The Morgan fingerprint density at radius 1 is 1.13 bits per heavy atom. The zero-order valence-electron chi connectivity index (χ0n) is 17.6. The van der Waals surface area contributed by atoms with Gasteiger partial charge in [0.15, 0.2) is 5.16 Å². The Hall–Kier alpha value is -2.65. The molecule has 0 radical (unpaired) electrons. The highest BCUT2D eigenvalue weighted by Crippen LogP contribution is 2.33. The second kappa shape index (κ2) is 9.44. The number of hydrogen-bond acceptors (Lipinski definition) is 7. The highest BCUT2D eigenvalue weighted by atomic mass is 32.2. The number of rotatable bonds is 7. The number of aromatic nitrogens is 3. The van der Waals surface area contributed by atoms with Gasteiger partial charge in [0, 0.05) is 10.6 Å². The van der Waals surface area contributed by atoms with E-state index >= 15 is 0 Å². The molecule has 0 unspecified atom stereocenters. The maximum absolute atomic E-state index is 12.6. The number of thioether (sulfide) groups is 1. The lowest BCUT2D eigenvalue weighted by Crippen LogP contribution is -2.16. The second-order valence-electron chi connectivity index (χ2n) is 6.75. The van der Waals surface area contributed by atoms with Crippen molar-refractivity contribution in [2.45, 2.75) is 39.8 Å². The van der Waals surface area contributed by atoms with Gasteiger partial charge in [-0.05, 0) is 52.3 Å². The smallest absolute Gasteiger partial charge is 0.341 e. The fourth-order valence-corrected chi connectivity index (χ4v) is 4.75. The molecule has 2 heterocycles. The van der Waals surface area contributed by atoms with E-state index in [1.807, 2.05) is 56.5 Å². The summed E-state index contributed by atoms with van der Waals surface area (Å²) in [5.74, 6) is 0.248. The lowest BCUT2D eigenvalue weighted by molar-refractivity contribution is -0.113. The van der Waals surface area contributed by atoms with Crippen LogP contribution in [0.1, 0.15) is 39.1 Å². The van der Waals surface area contributed by atoms with Crippen LogP contribution >= 0.6 is 23.1 Å². The number of benzene rings is 1. The summed E-state index contributed by atoms with van der Waals surface area (Å²) >= 11 is 2.67. The number of carbonyl (C=O) groups is 2. The summed E-state index contributed by atoms with van der Waals surface area (Å²) in [5, 5.41) is 12.4. The molecular weight excluding hydrogens is 420 g/mol. The summed E-state index contributed by atoms with van der Waals surface area (Å²) in [4.78, 5) is 25.9. The van der Waals surface area contributed by atoms with Crippen molar-refractivity contribution >= 4 is 40.0 Å². The minimum absolute atomic E-state index is 0.141. The molecule has 0 saturated carbocycles. The molecule has 0 bridgehead atoms. The van der Waals surface area contributed by atoms with E-state index in [-0.39, 0.29) is 18.3 Å². The topological polar surface area (TPSA) is 86.1 Å². The fourth-order valence-electron chi connectivity index (χ4n) is 2.88. The zero-order valence-corrected chi connectivity index (χ0v) is 19.2. The molecule has 3 rings (SSSR count). The van der Waals surface area contributed by atoms with Crippen molar-refractivity contribution in [3.05, 3.63) is 51.7 Å². The van der Waals surface area contributed by atoms with Crippen LogP contribution < -0.4 is 5.32 Å². The monoisotopic (exact) mass is 444 g/mol. The van der Waals surface area contributed by atoms with Crippen molar-refractivity contribution in [3.8, 4) is 5.69 Å². The van der Waals surface area contributed by atoms with Crippen molar-refractivity contribution in [1.29, 1.82) is 0 Å². The largest absolute Gasteiger partial charge is 0.462 e. The second-order valence-corrected chi connectivity index (χ2v) is 8.91. The van der Waals surface area contributed by atoms with Crippen molar-refractivity contribution in [1.82, 2.24) is 14.8 Å². The Labute approximate surface area is 183 Å². The average Bonchev–Trinajstić information content (AvgIpc) is 3.20. The molecule has 0 spiro atoms. The molecule has 9 heteroatoms. The van der Waals surface area contributed by atoms with E-state index < -0.39 is 5.97 Å². The third kappa shape index (κ3) is 4.73. The first-order valence-electron chi connectivity index (χ1n) is 9.50. The van der Waals surface area contributed by atoms with E-state index in [1.165, 1.54) is 23.1 Å². The number of anilines is 1. The van der Waals surface area contributed by atoms with E-state index in [1.54, 1.807) is 6.92 Å². The van der Waals surface area contributed by atoms with Gasteiger partial charge in [-0.3, -0.25) is 9.36 Å². The Morgan fingerprint density at radius 3 is 2.50 bits per heavy atom. The summed E-state index contributed by atoms with van der Waals surface area (Å²) < 4.78 is 7.06. The maximum atomic E-state index is 12.6. The first-order valence-corrected chi connectivity index (χ1v) is 11.3. The molecule has 0 aliphatic heterocycles. The standard InChI is InChI=1S/C21H24N4O3S2/c1-6-28-20(27)18-13(3)14(4)30-19(18)22-17(26)11-29-21-24-23-15(5)25(21)16-9-7-12(2)8-10-16/h7-10H,6,11H2,1-5H3,(H,22,26). The molecule has 1 aromatic carbocycles. The first kappa shape index (κ1) is 22.0. The number of hydrogen-bond donors (Lipinski definition) is 1. The van der Waals surface area contributed by atoms with Crippen LogP contribution in [0.2, 0.25) is 0 Å². The number of thiophene rings is 1. The minimum atomic E-state index is -0.419. The number of nitrogens with zero attached hydrogens (tertiary/aromatic N) is 3.